The molecule has 0 atom stereocenters. The number of nitrogens with zero attached hydrogens (tertiary/aromatic N) is 1. The first kappa shape index (κ1) is 47.4. The summed E-state index contributed by atoms with van der Waals surface area (Å²) in [5.41, 5.74) is 7.76. The molecular weight excluding hydrogens is 899 g/mol. The van der Waals surface area contributed by atoms with Gasteiger partial charge in [-0.2, -0.15) is 0 Å². The van der Waals surface area contributed by atoms with Crippen LogP contribution in [0.3, 0.4) is 0 Å². The van der Waals surface area contributed by atoms with Gasteiger partial charge in [0.1, 0.15) is 11.3 Å². The first-order valence-electron chi connectivity index (χ1n) is 21.2. The summed E-state index contributed by atoms with van der Waals surface area (Å²) in [4.78, 5) is 1.16. The van der Waals surface area contributed by atoms with Crippen LogP contribution in [0.25, 0.3) is 33.4 Å². The summed E-state index contributed by atoms with van der Waals surface area (Å²) < 4.78 is 125. The molecule has 2 aliphatic rings. The third kappa shape index (κ3) is 9.59. The highest BCUT2D eigenvalue weighted by molar-refractivity contribution is 8.04. The van der Waals surface area contributed by atoms with Gasteiger partial charge in [-0.05, 0) is 96.9 Å². The minimum Gasteiger partial charge on any atom is -0.456 e. The van der Waals surface area contributed by atoms with Crippen molar-refractivity contribution in [2.45, 2.75) is 80.9 Å². The van der Waals surface area contributed by atoms with E-state index in [2.05, 4.69) is 19.2 Å². The number of thioether (sulfide) groups is 1. The standard InChI is InChI=1S/C49H47F4N3O6S3/c1-5-29-15-13-16-30(6-2)46(29)54-33-21-23-35-38(27-33)62-39-28-34(55-47-31(7-3)17-14-18-32(47)8-4)22-24-36(39)41(35)37-19-9-10-20-40(37)64(58,59)56-65(60,61)49-44(52)42(50)48(43(51)45(49)53)63-26-12-11-25-57/h9-10,13-24,27-28,54,56-57H,5-8,11-12,25-26H2,1-4H3. The predicted octanol–water partition coefficient (Wildman–Crippen LogP) is 11.5. The lowest BCUT2D eigenvalue weighted by Crippen LogP contribution is -2.33. The van der Waals surface area contributed by atoms with E-state index in [1.165, 1.54) is 22.3 Å². The van der Waals surface area contributed by atoms with Crippen molar-refractivity contribution >= 4 is 59.8 Å². The molecule has 5 aromatic carbocycles. The van der Waals surface area contributed by atoms with Gasteiger partial charge in [-0.3, -0.25) is 0 Å². The minimum atomic E-state index is -5.85. The van der Waals surface area contributed by atoms with E-state index in [1.54, 1.807) is 36.4 Å². The largest absolute Gasteiger partial charge is 0.456 e. The van der Waals surface area contributed by atoms with Crippen LogP contribution in [-0.4, -0.2) is 34.3 Å². The molecule has 0 radical (unpaired) electrons. The molecule has 1 heterocycles. The summed E-state index contributed by atoms with van der Waals surface area (Å²) in [6, 6.07) is 28.1. The second kappa shape index (κ2) is 19.9. The van der Waals surface area contributed by atoms with Crippen molar-refractivity contribution in [3.05, 3.63) is 148 Å². The van der Waals surface area contributed by atoms with Gasteiger partial charge in [0.05, 0.1) is 20.8 Å². The lowest BCUT2D eigenvalue weighted by atomic mass is 9.93. The van der Waals surface area contributed by atoms with Gasteiger partial charge in [0, 0.05) is 52.2 Å². The lowest BCUT2D eigenvalue weighted by Gasteiger charge is -2.20. The topological polar surface area (TPSA) is 138 Å². The Morgan fingerprint density at radius 2 is 1.28 bits per heavy atom. The third-order valence-corrected chi connectivity index (χ3v) is 15.8. The molecule has 0 bridgehead atoms. The molecule has 0 saturated heterocycles. The number of para-hydroxylation sites is 2. The number of aliphatic hydroxyl groups is 1. The Morgan fingerprint density at radius 1 is 0.662 bits per heavy atom. The number of nitrogens with one attached hydrogen (secondary N) is 2. The molecule has 0 spiro atoms. The fourth-order valence-corrected chi connectivity index (χ4v) is 12.0. The molecule has 7 rings (SSSR count). The fourth-order valence-electron chi connectivity index (χ4n) is 7.83. The maximum Gasteiger partial charge on any atom is 0.259 e. The van der Waals surface area contributed by atoms with Gasteiger partial charge in [-0.25, -0.2) is 39.4 Å². The van der Waals surface area contributed by atoms with Crippen LogP contribution in [-0.2, 0) is 45.7 Å². The molecule has 1 aliphatic heterocycles. The Kier molecular flexibility index (Phi) is 14.5. The third-order valence-electron chi connectivity index (χ3n) is 11.1. The molecule has 0 amide bonds. The zero-order chi connectivity index (χ0) is 46.6. The highest BCUT2D eigenvalue weighted by Gasteiger charge is 2.37. The molecule has 5 aromatic rings. The first-order valence-corrected chi connectivity index (χ1v) is 25.1. The van der Waals surface area contributed by atoms with Crippen LogP contribution in [0.15, 0.2) is 121 Å². The molecule has 1 aliphatic carbocycles. The Hall–Kier alpha value is -5.52. The van der Waals surface area contributed by atoms with E-state index in [9.17, 15) is 16.8 Å². The summed E-state index contributed by atoms with van der Waals surface area (Å²) in [5, 5.41) is 13.5. The molecule has 0 fully saturated rings. The number of aryl methyl sites for hydroxylation is 4. The van der Waals surface area contributed by atoms with E-state index in [4.69, 9.17) is 14.5 Å². The van der Waals surface area contributed by atoms with Crippen LogP contribution in [0, 0.1) is 23.3 Å². The molecule has 9 nitrogen and oxygen atoms in total. The normalized spacial score (nSPS) is 12.4. The summed E-state index contributed by atoms with van der Waals surface area (Å²) >= 11 is 0.389. The van der Waals surface area contributed by atoms with Crippen LogP contribution >= 0.6 is 11.8 Å². The van der Waals surface area contributed by atoms with Gasteiger partial charge in [-0.15, -0.1) is 15.9 Å². The second-order valence-electron chi connectivity index (χ2n) is 15.2. The number of sulfonamides is 2. The fraction of sp³-hybridized carbons (Fsp3) is 0.245. The Morgan fingerprint density at radius 3 is 1.89 bits per heavy atom. The SMILES string of the molecule is CCc1cccc(CC)c1N=c1ccc2c(-c3ccccc3S(=O)(=O)NS(=O)(=O)c3c(F)c(F)c(SCCCCO)c(F)c3F)c3ccc(Nc4c(CC)cccc4CC)cc3oc-2c1. The second-order valence-corrected chi connectivity index (χ2v) is 19.8. The summed E-state index contributed by atoms with van der Waals surface area (Å²) in [6.07, 6.45) is 3.50. The van der Waals surface area contributed by atoms with Crippen LogP contribution < -0.4 is 14.8 Å². The maximum absolute atomic E-state index is 15.5. The number of unbranched alkanes of at least 4 members (excludes halogenated alkanes) is 1. The van der Waals surface area contributed by atoms with E-state index < -0.39 is 58.0 Å². The van der Waals surface area contributed by atoms with Crippen LogP contribution in [0.1, 0.15) is 62.8 Å². The highest BCUT2D eigenvalue weighted by Crippen LogP contribution is 2.44. The van der Waals surface area contributed by atoms with E-state index >= 15 is 17.6 Å². The quantitative estimate of drug-likeness (QED) is 0.0270. The number of hydrogen-bond acceptors (Lipinski definition) is 9. The van der Waals surface area contributed by atoms with Gasteiger partial charge in [-0.1, -0.05) is 82.3 Å². The molecule has 0 saturated carbocycles. The van der Waals surface area contributed by atoms with E-state index in [0.717, 1.165) is 65.4 Å². The molecule has 16 heteroatoms. The van der Waals surface area contributed by atoms with Gasteiger partial charge < -0.3 is 14.8 Å². The number of fused-ring (bicyclic) bond motifs is 2. The van der Waals surface area contributed by atoms with Gasteiger partial charge in [0.15, 0.2) is 28.2 Å². The van der Waals surface area contributed by atoms with Crippen molar-refractivity contribution in [3.63, 3.8) is 0 Å². The first-order chi connectivity index (χ1) is 31.2. The summed E-state index contributed by atoms with van der Waals surface area (Å²) in [7, 11) is -11.2. The van der Waals surface area contributed by atoms with Crippen molar-refractivity contribution in [2.24, 2.45) is 4.99 Å². The van der Waals surface area contributed by atoms with Crippen molar-refractivity contribution in [3.8, 4) is 22.5 Å². The molecule has 340 valence electrons. The van der Waals surface area contributed by atoms with Crippen LogP contribution in [0.4, 0.5) is 34.6 Å². The molecule has 65 heavy (non-hydrogen) atoms. The summed E-state index contributed by atoms with van der Waals surface area (Å²) in [5.74, 6) is -8.34. The number of benzene rings is 6. The van der Waals surface area contributed by atoms with E-state index in [-0.39, 0.29) is 30.8 Å². The number of anilines is 2. The zero-order valence-corrected chi connectivity index (χ0v) is 38.5. The van der Waals surface area contributed by atoms with Gasteiger partial charge in [0.2, 0.25) is 0 Å². The van der Waals surface area contributed by atoms with Crippen molar-refractivity contribution < 1.29 is 43.9 Å². The lowest BCUT2D eigenvalue weighted by molar-refractivity contribution is 0.287. The number of aliphatic hydroxyl groups excluding tert-OH is 1. The van der Waals surface area contributed by atoms with Crippen molar-refractivity contribution in [2.75, 3.05) is 17.7 Å². The predicted molar refractivity (Wildman–Crippen MR) is 248 cm³/mol. The number of halogens is 4. The molecule has 3 N–H and O–H groups in total. The molecule has 0 aromatic heterocycles. The average molecular weight is 946 g/mol. The Labute approximate surface area is 380 Å². The van der Waals surface area contributed by atoms with Crippen LogP contribution in [0.5, 0.6) is 0 Å². The molecule has 0 unspecified atom stereocenters. The molecular formula is C49H47F4N3O6S3. The maximum atomic E-state index is 15.5. The smallest absolute Gasteiger partial charge is 0.259 e. The highest BCUT2D eigenvalue weighted by atomic mass is 32.3. The average Bonchev–Trinajstić information content (AvgIpc) is 3.29. The number of rotatable bonds is 17. The summed E-state index contributed by atoms with van der Waals surface area (Å²) in [6.45, 7) is 7.99. The Bertz CT molecular complexity index is 3120. The van der Waals surface area contributed by atoms with Crippen molar-refractivity contribution in [1.82, 2.24) is 4.13 Å². The van der Waals surface area contributed by atoms with Gasteiger partial charge >= 0.3 is 0 Å². The van der Waals surface area contributed by atoms with Crippen molar-refractivity contribution in [1.29, 1.82) is 0 Å². The zero-order valence-electron chi connectivity index (χ0n) is 36.1. The number of hydrogen-bond donors (Lipinski definition) is 3. The minimum absolute atomic E-state index is 0.0199. The van der Waals surface area contributed by atoms with E-state index in [0.29, 0.717) is 50.7 Å². The Balaban J connectivity index is 1.41. The van der Waals surface area contributed by atoms with Gasteiger partial charge in [0.25, 0.3) is 20.0 Å². The monoisotopic (exact) mass is 945 g/mol. The van der Waals surface area contributed by atoms with Crippen LogP contribution in [0.2, 0.25) is 0 Å². The van der Waals surface area contributed by atoms with E-state index in [1.807, 2.05) is 50.2 Å².